The second-order valence-corrected chi connectivity index (χ2v) is 9.81. The third-order valence-corrected chi connectivity index (χ3v) is 6.39. The topological polar surface area (TPSA) is 109 Å². The van der Waals surface area contributed by atoms with Gasteiger partial charge in [0.2, 0.25) is 0 Å². The first-order valence-corrected chi connectivity index (χ1v) is 12.0. The molecular formula is C26H28F2N6O3. The summed E-state index contributed by atoms with van der Waals surface area (Å²) in [5, 5.41) is 25.0. The number of ether oxygens (including phenoxy) is 1. The number of pyridine rings is 1. The van der Waals surface area contributed by atoms with Crippen molar-refractivity contribution in [3.63, 3.8) is 0 Å². The Morgan fingerprint density at radius 2 is 1.84 bits per heavy atom. The summed E-state index contributed by atoms with van der Waals surface area (Å²) >= 11 is 0. The summed E-state index contributed by atoms with van der Waals surface area (Å²) in [4.78, 5) is 16.2. The van der Waals surface area contributed by atoms with Crippen molar-refractivity contribution >= 4 is 17.0 Å². The maximum atomic E-state index is 14.1. The number of aliphatic hydroxyl groups is 2. The van der Waals surface area contributed by atoms with E-state index >= 15 is 0 Å². The number of benzene rings is 1. The molecule has 1 atom stereocenters. The fourth-order valence-electron chi connectivity index (χ4n) is 4.36. The highest BCUT2D eigenvalue weighted by atomic mass is 19.1. The Balaban J connectivity index is 1.45. The van der Waals surface area contributed by atoms with Gasteiger partial charge in [-0.15, -0.1) is 0 Å². The molecule has 37 heavy (non-hydrogen) atoms. The van der Waals surface area contributed by atoms with Gasteiger partial charge in [0.25, 0.3) is 0 Å². The molecule has 0 aliphatic carbocycles. The van der Waals surface area contributed by atoms with Gasteiger partial charge in [0.1, 0.15) is 29.2 Å². The fourth-order valence-corrected chi connectivity index (χ4v) is 4.36. The molecule has 5 rings (SSSR count). The highest BCUT2D eigenvalue weighted by Crippen LogP contribution is 2.33. The van der Waals surface area contributed by atoms with Gasteiger partial charge in [0, 0.05) is 50.8 Å². The molecule has 0 spiro atoms. The van der Waals surface area contributed by atoms with Gasteiger partial charge in [0.15, 0.2) is 23.0 Å². The normalized spacial score (nSPS) is 15.8. The molecule has 4 aromatic rings. The van der Waals surface area contributed by atoms with Crippen molar-refractivity contribution in [2.24, 2.45) is 7.05 Å². The number of nitrogens with zero attached hydrogens (tertiary/aromatic N) is 6. The zero-order chi connectivity index (χ0) is 26.3. The maximum absolute atomic E-state index is 14.1. The average Bonchev–Trinajstić information content (AvgIpc) is 3.30. The van der Waals surface area contributed by atoms with Crippen LogP contribution < -0.4 is 9.64 Å². The number of rotatable bonds is 6. The summed E-state index contributed by atoms with van der Waals surface area (Å²) in [5.74, 6) is -0.737. The monoisotopic (exact) mass is 510 g/mol. The number of hydrogen-bond acceptors (Lipinski definition) is 8. The molecule has 0 radical (unpaired) electrons. The van der Waals surface area contributed by atoms with Gasteiger partial charge in [-0.25, -0.2) is 23.7 Å². The van der Waals surface area contributed by atoms with Crippen molar-refractivity contribution in [3.05, 3.63) is 60.1 Å². The lowest BCUT2D eigenvalue weighted by atomic mass is 9.98. The Bertz CT molecular complexity index is 1430. The number of aryl methyl sites for hydroxylation is 1. The van der Waals surface area contributed by atoms with Crippen LogP contribution in [-0.4, -0.2) is 59.7 Å². The van der Waals surface area contributed by atoms with Crippen molar-refractivity contribution in [2.45, 2.75) is 44.5 Å². The summed E-state index contributed by atoms with van der Waals surface area (Å²) in [7, 11) is 1.82. The van der Waals surface area contributed by atoms with Gasteiger partial charge in [-0.3, -0.25) is 4.68 Å². The zero-order valence-electron chi connectivity index (χ0n) is 20.8. The molecule has 1 saturated heterocycles. The number of aromatic nitrogens is 5. The SMILES string of the molecule is Cn1cc(-c2nc3ccc(C(O)C(C)(C)O)nc3nc2N2CCC(Oc3ccc(F)cc3F)CC2)cn1. The van der Waals surface area contributed by atoms with Gasteiger partial charge >= 0.3 is 0 Å². The van der Waals surface area contributed by atoms with Gasteiger partial charge < -0.3 is 19.8 Å². The molecule has 2 N–H and O–H groups in total. The zero-order valence-corrected chi connectivity index (χ0v) is 20.8. The van der Waals surface area contributed by atoms with E-state index in [0.29, 0.717) is 54.3 Å². The first kappa shape index (κ1) is 25.0. The second-order valence-electron chi connectivity index (χ2n) is 9.81. The molecule has 0 bridgehead atoms. The van der Waals surface area contributed by atoms with Crippen molar-refractivity contribution in [3.8, 4) is 17.0 Å². The van der Waals surface area contributed by atoms with Crippen molar-refractivity contribution in [2.75, 3.05) is 18.0 Å². The minimum atomic E-state index is -1.38. The number of hydrogen-bond donors (Lipinski definition) is 2. The lowest BCUT2D eigenvalue weighted by Gasteiger charge is -2.33. The van der Waals surface area contributed by atoms with Crippen LogP contribution >= 0.6 is 0 Å². The Hall–Kier alpha value is -3.70. The minimum absolute atomic E-state index is 0.0310. The molecule has 4 heterocycles. The second kappa shape index (κ2) is 9.64. The van der Waals surface area contributed by atoms with Gasteiger partial charge in [0.05, 0.1) is 17.5 Å². The lowest BCUT2D eigenvalue weighted by molar-refractivity contribution is -0.0516. The van der Waals surface area contributed by atoms with Crippen molar-refractivity contribution in [1.29, 1.82) is 0 Å². The molecule has 194 valence electrons. The molecule has 1 unspecified atom stereocenters. The lowest BCUT2D eigenvalue weighted by Crippen LogP contribution is -2.39. The molecule has 1 aromatic carbocycles. The predicted octanol–water partition coefficient (Wildman–Crippen LogP) is 3.56. The highest BCUT2D eigenvalue weighted by molar-refractivity contribution is 5.81. The van der Waals surface area contributed by atoms with Crippen LogP contribution in [0.4, 0.5) is 14.6 Å². The first-order chi connectivity index (χ1) is 17.6. The highest BCUT2D eigenvalue weighted by Gasteiger charge is 2.29. The van der Waals surface area contributed by atoms with Crippen LogP contribution in [0, 0.1) is 11.6 Å². The molecule has 1 fully saturated rings. The van der Waals surface area contributed by atoms with Gasteiger partial charge in [-0.05, 0) is 38.1 Å². The number of aliphatic hydroxyl groups excluding tert-OH is 1. The predicted molar refractivity (Wildman–Crippen MR) is 133 cm³/mol. The number of halogens is 2. The number of fused-ring (bicyclic) bond motifs is 1. The van der Waals surface area contributed by atoms with E-state index in [2.05, 4.69) is 15.0 Å². The molecule has 9 nitrogen and oxygen atoms in total. The van der Waals surface area contributed by atoms with Crippen molar-refractivity contribution in [1.82, 2.24) is 24.7 Å². The van der Waals surface area contributed by atoms with Crippen LogP contribution in [0.15, 0.2) is 42.7 Å². The Labute approximate surface area is 212 Å². The van der Waals surface area contributed by atoms with E-state index in [1.807, 2.05) is 13.2 Å². The standard InChI is InChI=1S/C26H28F2N6O3/c1-26(2,36)23(35)19-5-6-20-24(31-19)32-25(22(30-20)15-13-29-33(3)14-15)34-10-8-17(9-11-34)37-21-7-4-16(27)12-18(21)28/h4-7,12-14,17,23,35-36H,8-11H2,1-3H3. The van der Waals surface area contributed by atoms with E-state index in [-0.39, 0.29) is 11.9 Å². The molecule has 0 saturated carbocycles. The summed E-state index contributed by atoms with van der Waals surface area (Å²) in [6.45, 7) is 4.15. The van der Waals surface area contributed by atoms with E-state index in [0.717, 1.165) is 11.6 Å². The average molecular weight is 511 g/mol. The van der Waals surface area contributed by atoms with E-state index in [1.165, 1.54) is 26.0 Å². The van der Waals surface area contributed by atoms with Crippen LogP contribution in [0.3, 0.4) is 0 Å². The smallest absolute Gasteiger partial charge is 0.180 e. The van der Waals surface area contributed by atoms with Gasteiger partial charge in [-0.2, -0.15) is 5.10 Å². The molecule has 1 aliphatic rings. The summed E-state index contributed by atoms with van der Waals surface area (Å²) in [6.07, 6.45) is 3.32. The molecular weight excluding hydrogens is 482 g/mol. The van der Waals surface area contributed by atoms with Crippen LogP contribution in [0.1, 0.15) is 38.5 Å². The third kappa shape index (κ3) is 5.23. The Morgan fingerprint density at radius 1 is 1.08 bits per heavy atom. The summed E-state index contributed by atoms with van der Waals surface area (Å²) in [6, 6.07) is 6.64. The van der Waals surface area contributed by atoms with E-state index < -0.39 is 23.3 Å². The minimum Gasteiger partial charge on any atom is -0.487 e. The molecule has 0 amide bonds. The molecule has 3 aromatic heterocycles. The maximum Gasteiger partial charge on any atom is 0.180 e. The van der Waals surface area contributed by atoms with Crippen LogP contribution in [0.2, 0.25) is 0 Å². The van der Waals surface area contributed by atoms with Gasteiger partial charge in [-0.1, -0.05) is 0 Å². The quantitative estimate of drug-likeness (QED) is 0.405. The van der Waals surface area contributed by atoms with E-state index in [9.17, 15) is 19.0 Å². The van der Waals surface area contributed by atoms with Crippen molar-refractivity contribution < 1.29 is 23.7 Å². The first-order valence-electron chi connectivity index (χ1n) is 12.0. The molecule has 1 aliphatic heterocycles. The third-order valence-electron chi connectivity index (χ3n) is 6.39. The fraction of sp³-hybridized carbons (Fsp3) is 0.385. The van der Waals surface area contributed by atoms with Crippen LogP contribution in [-0.2, 0) is 7.05 Å². The Kier molecular flexibility index (Phi) is 6.50. The van der Waals surface area contributed by atoms with E-state index in [1.54, 1.807) is 23.0 Å². The van der Waals surface area contributed by atoms with Crippen LogP contribution in [0.25, 0.3) is 22.4 Å². The van der Waals surface area contributed by atoms with Crippen LogP contribution in [0.5, 0.6) is 5.75 Å². The summed E-state index contributed by atoms with van der Waals surface area (Å²) < 4.78 is 34.8. The number of piperidine rings is 1. The Morgan fingerprint density at radius 3 is 2.49 bits per heavy atom. The molecule has 11 heteroatoms. The summed E-state index contributed by atoms with van der Waals surface area (Å²) in [5.41, 5.74) is 1.23. The largest absolute Gasteiger partial charge is 0.487 e. The van der Waals surface area contributed by atoms with E-state index in [4.69, 9.17) is 14.7 Å². The number of anilines is 1.